The zero-order valence-corrected chi connectivity index (χ0v) is 10.3. The van der Waals surface area contributed by atoms with Crippen LogP contribution in [0.2, 0.25) is 0 Å². The van der Waals surface area contributed by atoms with Crippen molar-refractivity contribution >= 4 is 5.90 Å². The van der Waals surface area contributed by atoms with Crippen molar-refractivity contribution in [2.75, 3.05) is 6.61 Å². The van der Waals surface area contributed by atoms with Crippen LogP contribution in [0, 0.1) is 5.41 Å². The molecule has 2 heteroatoms. The quantitative estimate of drug-likeness (QED) is 0.573. The lowest BCUT2D eigenvalue weighted by Crippen LogP contribution is -2.05. The molecule has 1 N–H and O–H groups in total. The highest BCUT2D eigenvalue weighted by atomic mass is 16.5. The maximum atomic E-state index is 7.72. The molecule has 0 aliphatic heterocycles. The van der Waals surface area contributed by atoms with Crippen molar-refractivity contribution in [3.05, 3.63) is 35.4 Å². The number of unbranched alkanes of at least 4 members (excludes halogenated alkanes) is 1. The average Bonchev–Trinajstić information content (AvgIpc) is 2.34. The van der Waals surface area contributed by atoms with E-state index in [0.29, 0.717) is 6.61 Å². The molecule has 0 radical (unpaired) electrons. The van der Waals surface area contributed by atoms with Crippen LogP contribution in [-0.2, 0) is 11.2 Å². The van der Waals surface area contributed by atoms with Crippen LogP contribution in [-0.4, -0.2) is 12.5 Å². The van der Waals surface area contributed by atoms with E-state index in [9.17, 15) is 0 Å². The lowest BCUT2D eigenvalue weighted by atomic mass is 10.1. The van der Waals surface area contributed by atoms with Gasteiger partial charge in [-0.25, -0.2) is 0 Å². The summed E-state index contributed by atoms with van der Waals surface area (Å²) in [7, 11) is 0. The van der Waals surface area contributed by atoms with Crippen LogP contribution in [0.5, 0.6) is 0 Å². The van der Waals surface area contributed by atoms with Gasteiger partial charge >= 0.3 is 0 Å². The number of ether oxygens (including phenoxy) is 1. The number of aryl methyl sites for hydroxylation is 1. The summed E-state index contributed by atoms with van der Waals surface area (Å²) in [5, 5.41) is 7.72. The molecule has 0 heterocycles. The first-order valence-corrected chi connectivity index (χ1v) is 6.08. The average molecular weight is 219 g/mol. The van der Waals surface area contributed by atoms with Gasteiger partial charge in [-0.05, 0) is 37.0 Å². The van der Waals surface area contributed by atoms with Crippen molar-refractivity contribution in [3.8, 4) is 0 Å². The predicted octanol–water partition coefficient (Wildman–Crippen LogP) is 3.78. The van der Waals surface area contributed by atoms with Crippen molar-refractivity contribution in [2.45, 2.75) is 39.5 Å². The van der Waals surface area contributed by atoms with E-state index in [1.54, 1.807) is 0 Å². The molecule has 0 amide bonds. The molecule has 16 heavy (non-hydrogen) atoms. The molecule has 2 nitrogen and oxygen atoms in total. The minimum absolute atomic E-state index is 0.281. The zero-order chi connectivity index (χ0) is 11.8. The van der Waals surface area contributed by atoms with Crippen LogP contribution in [0.25, 0.3) is 0 Å². The van der Waals surface area contributed by atoms with Gasteiger partial charge in [0.25, 0.3) is 0 Å². The van der Waals surface area contributed by atoms with Crippen LogP contribution in [0.15, 0.2) is 24.3 Å². The Balaban J connectivity index is 2.53. The Hall–Kier alpha value is -1.31. The van der Waals surface area contributed by atoms with E-state index in [2.05, 4.69) is 19.1 Å². The molecule has 0 saturated carbocycles. The molecule has 1 aromatic rings. The fraction of sp³-hybridized carbons (Fsp3) is 0.500. The summed E-state index contributed by atoms with van der Waals surface area (Å²) in [5.41, 5.74) is 2.21. The Morgan fingerprint density at radius 3 is 2.38 bits per heavy atom. The standard InChI is InChI=1S/C14H21NO/c1-3-5-6-12-7-9-13(10-8-12)14(15)16-11-4-2/h7-10,15H,3-6,11H2,1-2H3. The Kier molecular flexibility index (Phi) is 5.62. The van der Waals surface area contributed by atoms with E-state index in [1.807, 2.05) is 19.1 Å². The Morgan fingerprint density at radius 2 is 1.81 bits per heavy atom. The highest BCUT2D eigenvalue weighted by Gasteiger charge is 2.01. The molecular formula is C14H21NO. The largest absolute Gasteiger partial charge is 0.478 e. The minimum atomic E-state index is 0.281. The Morgan fingerprint density at radius 1 is 1.12 bits per heavy atom. The molecule has 0 aromatic heterocycles. The maximum Gasteiger partial charge on any atom is 0.213 e. The molecule has 1 rings (SSSR count). The van der Waals surface area contributed by atoms with Crippen LogP contribution in [0.4, 0.5) is 0 Å². The molecule has 88 valence electrons. The van der Waals surface area contributed by atoms with Crippen molar-refractivity contribution in [1.82, 2.24) is 0 Å². The van der Waals surface area contributed by atoms with Gasteiger partial charge in [0.2, 0.25) is 5.90 Å². The van der Waals surface area contributed by atoms with Crippen molar-refractivity contribution in [2.24, 2.45) is 0 Å². The second kappa shape index (κ2) is 7.04. The zero-order valence-electron chi connectivity index (χ0n) is 10.3. The normalized spacial score (nSPS) is 10.1. The van der Waals surface area contributed by atoms with Gasteiger partial charge in [0.1, 0.15) is 0 Å². The van der Waals surface area contributed by atoms with E-state index in [-0.39, 0.29) is 5.90 Å². The van der Waals surface area contributed by atoms with Crippen LogP contribution < -0.4 is 0 Å². The second-order valence-corrected chi connectivity index (χ2v) is 3.98. The fourth-order valence-corrected chi connectivity index (χ4v) is 1.49. The van der Waals surface area contributed by atoms with Crippen LogP contribution in [0.3, 0.4) is 0 Å². The summed E-state index contributed by atoms with van der Waals surface area (Å²) in [6.45, 7) is 4.86. The molecule has 0 unspecified atom stereocenters. The number of benzene rings is 1. The Bertz CT molecular complexity index is 316. The van der Waals surface area contributed by atoms with Gasteiger partial charge in [-0.3, -0.25) is 5.41 Å². The van der Waals surface area contributed by atoms with Gasteiger partial charge in [0, 0.05) is 5.56 Å². The van der Waals surface area contributed by atoms with E-state index >= 15 is 0 Å². The number of hydrogen-bond donors (Lipinski definition) is 1. The van der Waals surface area contributed by atoms with E-state index < -0.39 is 0 Å². The van der Waals surface area contributed by atoms with Gasteiger partial charge in [-0.1, -0.05) is 32.4 Å². The first-order valence-electron chi connectivity index (χ1n) is 6.08. The van der Waals surface area contributed by atoms with Gasteiger partial charge in [-0.2, -0.15) is 0 Å². The van der Waals surface area contributed by atoms with E-state index in [1.165, 1.54) is 18.4 Å². The summed E-state index contributed by atoms with van der Waals surface area (Å²) >= 11 is 0. The van der Waals surface area contributed by atoms with Crippen LogP contribution in [0.1, 0.15) is 44.2 Å². The third-order valence-electron chi connectivity index (χ3n) is 2.49. The van der Waals surface area contributed by atoms with Crippen molar-refractivity contribution < 1.29 is 4.74 Å². The van der Waals surface area contributed by atoms with Crippen molar-refractivity contribution in [3.63, 3.8) is 0 Å². The molecule has 0 atom stereocenters. The topological polar surface area (TPSA) is 33.1 Å². The minimum Gasteiger partial charge on any atom is -0.478 e. The number of hydrogen-bond acceptors (Lipinski definition) is 2. The molecule has 0 saturated heterocycles. The summed E-state index contributed by atoms with van der Waals surface area (Å²) in [5.74, 6) is 0.281. The number of nitrogens with one attached hydrogen (secondary N) is 1. The molecule has 0 bridgehead atoms. The lowest BCUT2D eigenvalue weighted by molar-refractivity contribution is 0.303. The van der Waals surface area contributed by atoms with Gasteiger partial charge in [-0.15, -0.1) is 0 Å². The van der Waals surface area contributed by atoms with Gasteiger partial charge < -0.3 is 4.74 Å². The van der Waals surface area contributed by atoms with Crippen molar-refractivity contribution in [1.29, 1.82) is 5.41 Å². The highest BCUT2D eigenvalue weighted by molar-refractivity contribution is 5.91. The third-order valence-corrected chi connectivity index (χ3v) is 2.49. The fourth-order valence-electron chi connectivity index (χ4n) is 1.49. The smallest absolute Gasteiger partial charge is 0.213 e. The monoisotopic (exact) mass is 219 g/mol. The molecule has 0 aliphatic carbocycles. The first-order chi connectivity index (χ1) is 7.77. The Labute approximate surface area is 98.1 Å². The van der Waals surface area contributed by atoms with E-state index in [0.717, 1.165) is 18.4 Å². The summed E-state index contributed by atoms with van der Waals surface area (Å²) < 4.78 is 5.28. The third kappa shape index (κ3) is 4.05. The second-order valence-electron chi connectivity index (χ2n) is 3.98. The molecule has 1 aromatic carbocycles. The van der Waals surface area contributed by atoms with Crippen LogP contribution >= 0.6 is 0 Å². The molecular weight excluding hydrogens is 198 g/mol. The summed E-state index contributed by atoms with van der Waals surface area (Å²) in [4.78, 5) is 0. The summed E-state index contributed by atoms with van der Waals surface area (Å²) in [6, 6.07) is 8.13. The van der Waals surface area contributed by atoms with E-state index in [4.69, 9.17) is 10.1 Å². The predicted molar refractivity (Wildman–Crippen MR) is 68.1 cm³/mol. The number of rotatable bonds is 6. The molecule has 0 aliphatic rings. The highest BCUT2D eigenvalue weighted by Crippen LogP contribution is 2.09. The first kappa shape index (κ1) is 12.8. The molecule has 0 spiro atoms. The van der Waals surface area contributed by atoms with Gasteiger partial charge in [0.05, 0.1) is 6.61 Å². The van der Waals surface area contributed by atoms with Gasteiger partial charge in [0.15, 0.2) is 0 Å². The maximum absolute atomic E-state index is 7.72. The SMILES string of the molecule is CCCCc1ccc(C(=N)OCCC)cc1. The summed E-state index contributed by atoms with van der Waals surface area (Å²) in [6.07, 6.45) is 4.51. The lowest BCUT2D eigenvalue weighted by Gasteiger charge is -2.07. The molecule has 0 fully saturated rings.